The molecule has 0 fully saturated rings. The van der Waals surface area contributed by atoms with Crippen molar-refractivity contribution in [1.29, 1.82) is 0 Å². The molecule has 0 atom stereocenters. The van der Waals surface area contributed by atoms with Gasteiger partial charge in [0.25, 0.3) is 0 Å². The van der Waals surface area contributed by atoms with Gasteiger partial charge in [-0.2, -0.15) is 0 Å². The van der Waals surface area contributed by atoms with E-state index in [1.165, 1.54) is 44.9 Å². The Morgan fingerprint density at radius 1 is 0.933 bits per heavy atom. The van der Waals surface area contributed by atoms with Crippen molar-refractivity contribution < 1.29 is 25.1 Å². The maximum atomic E-state index is 10.4. The Morgan fingerprint density at radius 2 is 1.33 bits per heavy atom. The van der Waals surface area contributed by atoms with Crippen molar-refractivity contribution in [3.63, 3.8) is 0 Å². The summed E-state index contributed by atoms with van der Waals surface area (Å²) in [5.74, 6) is -0.159. The second kappa shape index (κ2) is 14.1. The van der Waals surface area contributed by atoms with Gasteiger partial charge in [-0.05, 0) is 6.42 Å². The molecular formula is C12H26LiNO. The minimum atomic E-state index is -0.159. The molecule has 1 amide bonds. The first-order chi connectivity index (χ1) is 6.77. The van der Waals surface area contributed by atoms with Crippen LogP contribution < -0.4 is 24.6 Å². The van der Waals surface area contributed by atoms with Crippen molar-refractivity contribution >= 4 is 5.91 Å². The molecular weight excluding hydrogens is 181 g/mol. The third-order valence-electron chi connectivity index (χ3n) is 2.53. The first kappa shape index (κ1) is 17.5. The number of amides is 1. The first-order valence-electron chi connectivity index (χ1n) is 6.05. The van der Waals surface area contributed by atoms with Crippen LogP contribution in [-0.2, 0) is 4.79 Å². The number of carbonyl (C=O) groups is 1. The number of unbranched alkanes of at least 4 members (excludes halogenated alkanes) is 8. The van der Waals surface area contributed by atoms with Gasteiger partial charge in [0.2, 0.25) is 5.91 Å². The van der Waals surface area contributed by atoms with Gasteiger partial charge >= 0.3 is 18.9 Å². The predicted octanol–water partition coefficient (Wildman–Crippen LogP) is 0.509. The van der Waals surface area contributed by atoms with Crippen LogP contribution in [0.15, 0.2) is 0 Å². The molecule has 0 saturated carbocycles. The average Bonchev–Trinajstić information content (AvgIpc) is 2.15. The van der Waals surface area contributed by atoms with Gasteiger partial charge in [0.1, 0.15) is 0 Å². The van der Waals surface area contributed by atoms with Crippen molar-refractivity contribution in [2.45, 2.75) is 71.1 Å². The van der Waals surface area contributed by atoms with E-state index in [9.17, 15) is 4.79 Å². The van der Waals surface area contributed by atoms with Gasteiger partial charge in [-0.25, -0.2) is 0 Å². The molecule has 0 aromatic rings. The standard InChI is InChI=1S/C12H25NO.Li.H/c1-2-3-4-5-6-7-8-9-10-11-12(13)14;;/h2-11H2,1H3,(H2,13,14);;/q;+1;-1. The van der Waals surface area contributed by atoms with Crippen LogP contribution in [0, 0.1) is 0 Å². The topological polar surface area (TPSA) is 43.1 Å². The number of hydrogen-bond acceptors (Lipinski definition) is 1. The van der Waals surface area contributed by atoms with Crippen LogP contribution in [0.1, 0.15) is 72.6 Å². The fourth-order valence-corrected chi connectivity index (χ4v) is 1.61. The number of primary amides is 1. The van der Waals surface area contributed by atoms with E-state index in [4.69, 9.17) is 5.73 Å². The predicted molar refractivity (Wildman–Crippen MR) is 62.2 cm³/mol. The van der Waals surface area contributed by atoms with Crippen molar-refractivity contribution in [2.75, 3.05) is 0 Å². The van der Waals surface area contributed by atoms with E-state index in [0.29, 0.717) is 6.42 Å². The number of nitrogens with two attached hydrogens (primary N) is 1. The summed E-state index contributed by atoms with van der Waals surface area (Å²) in [4.78, 5) is 10.4. The largest absolute Gasteiger partial charge is 1.00 e. The third-order valence-corrected chi connectivity index (χ3v) is 2.53. The van der Waals surface area contributed by atoms with Crippen LogP contribution in [0.4, 0.5) is 0 Å². The van der Waals surface area contributed by atoms with Crippen LogP contribution in [0.3, 0.4) is 0 Å². The second-order valence-electron chi connectivity index (χ2n) is 4.04. The summed E-state index contributed by atoms with van der Waals surface area (Å²) in [5, 5.41) is 0. The van der Waals surface area contributed by atoms with Crippen LogP contribution in [0.5, 0.6) is 0 Å². The maximum absolute atomic E-state index is 10.4. The van der Waals surface area contributed by atoms with E-state index in [1.807, 2.05) is 0 Å². The summed E-state index contributed by atoms with van der Waals surface area (Å²) in [7, 11) is 0. The summed E-state index contributed by atoms with van der Waals surface area (Å²) in [6, 6.07) is 0. The average molecular weight is 207 g/mol. The van der Waals surface area contributed by atoms with Gasteiger partial charge < -0.3 is 7.16 Å². The molecule has 0 aliphatic heterocycles. The minimum Gasteiger partial charge on any atom is -1.00 e. The minimum absolute atomic E-state index is 0. The fraction of sp³-hybridized carbons (Fsp3) is 0.917. The van der Waals surface area contributed by atoms with Crippen molar-refractivity contribution in [3.8, 4) is 0 Å². The number of carbonyl (C=O) groups excluding carboxylic acids is 1. The van der Waals surface area contributed by atoms with E-state index in [0.717, 1.165) is 12.8 Å². The summed E-state index contributed by atoms with van der Waals surface area (Å²) in [6.07, 6.45) is 12.1. The van der Waals surface area contributed by atoms with E-state index in [-0.39, 0.29) is 26.2 Å². The van der Waals surface area contributed by atoms with Gasteiger partial charge in [0.05, 0.1) is 0 Å². The molecule has 0 rings (SSSR count). The molecule has 15 heavy (non-hydrogen) atoms. The van der Waals surface area contributed by atoms with Crippen LogP contribution in [0.2, 0.25) is 0 Å². The number of rotatable bonds is 10. The molecule has 0 spiro atoms. The molecule has 0 saturated heterocycles. The molecule has 2 N–H and O–H groups in total. The second-order valence-corrected chi connectivity index (χ2v) is 4.04. The van der Waals surface area contributed by atoms with Crippen molar-refractivity contribution in [3.05, 3.63) is 0 Å². The summed E-state index contributed by atoms with van der Waals surface area (Å²) in [6.45, 7) is 2.24. The molecule has 2 nitrogen and oxygen atoms in total. The molecule has 0 aromatic heterocycles. The van der Waals surface area contributed by atoms with Gasteiger partial charge in [0.15, 0.2) is 0 Å². The normalized spacial score (nSPS) is 9.67. The van der Waals surface area contributed by atoms with Crippen LogP contribution >= 0.6 is 0 Å². The molecule has 0 heterocycles. The molecule has 0 bridgehead atoms. The Kier molecular flexibility index (Phi) is 16.4. The summed E-state index contributed by atoms with van der Waals surface area (Å²) < 4.78 is 0. The summed E-state index contributed by atoms with van der Waals surface area (Å²) in [5.41, 5.74) is 5.05. The molecule has 0 aliphatic carbocycles. The molecule has 3 heteroatoms. The van der Waals surface area contributed by atoms with E-state index < -0.39 is 0 Å². The van der Waals surface area contributed by atoms with Crippen LogP contribution in [0.25, 0.3) is 0 Å². The Labute approximate surface area is 108 Å². The monoisotopic (exact) mass is 207 g/mol. The molecule has 0 aliphatic rings. The smallest absolute Gasteiger partial charge is 1.00 e. The van der Waals surface area contributed by atoms with Crippen molar-refractivity contribution in [2.24, 2.45) is 5.73 Å². The van der Waals surface area contributed by atoms with E-state index in [2.05, 4.69) is 6.92 Å². The Balaban J connectivity index is -0.000000845. The van der Waals surface area contributed by atoms with Gasteiger partial charge in [-0.3, -0.25) is 4.79 Å². The van der Waals surface area contributed by atoms with Gasteiger partial charge in [-0.1, -0.05) is 58.3 Å². The van der Waals surface area contributed by atoms with Gasteiger partial charge in [0, 0.05) is 6.42 Å². The fourth-order valence-electron chi connectivity index (χ4n) is 1.61. The quantitative estimate of drug-likeness (QED) is 0.411. The van der Waals surface area contributed by atoms with Crippen molar-refractivity contribution in [1.82, 2.24) is 0 Å². The number of hydrogen-bond donors (Lipinski definition) is 1. The zero-order valence-corrected chi connectivity index (χ0v) is 10.6. The Hall–Kier alpha value is 0.0674. The summed E-state index contributed by atoms with van der Waals surface area (Å²) >= 11 is 0. The Bertz CT molecular complexity index is 145. The van der Waals surface area contributed by atoms with Crippen LogP contribution in [-0.4, -0.2) is 5.91 Å². The van der Waals surface area contributed by atoms with Gasteiger partial charge in [-0.15, -0.1) is 0 Å². The molecule has 86 valence electrons. The van der Waals surface area contributed by atoms with E-state index >= 15 is 0 Å². The Morgan fingerprint density at radius 3 is 1.73 bits per heavy atom. The zero-order valence-electron chi connectivity index (χ0n) is 11.6. The molecule has 0 aromatic carbocycles. The molecule has 0 radical (unpaired) electrons. The zero-order chi connectivity index (χ0) is 10.6. The van der Waals surface area contributed by atoms with E-state index in [1.54, 1.807) is 0 Å². The molecule has 0 unspecified atom stereocenters. The SMILES string of the molecule is CCCCCCCCCCCC(N)=O.[H-].[Li+]. The third kappa shape index (κ3) is 16.7. The first-order valence-corrected chi connectivity index (χ1v) is 6.05. The maximum Gasteiger partial charge on any atom is 1.00 e.